The third-order valence-corrected chi connectivity index (χ3v) is 4.23. The zero-order chi connectivity index (χ0) is 14.7. The zero-order valence-electron chi connectivity index (χ0n) is 13.3. The van der Waals surface area contributed by atoms with Crippen LogP contribution in [0.4, 0.5) is 5.95 Å². The summed E-state index contributed by atoms with van der Waals surface area (Å²) in [5.74, 6) is 1.56. The third-order valence-electron chi connectivity index (χ3n) is 4.23. The molecule has 0 radical (unpaired) electrons. The van der Waals surface area contributed by atoms with Crippen molar-refractivity contribution in [2.45, 2.75) is 39.3 Å². The van der Waals surface area contributed by atoms with E-state index < -0.39 is 0 Å². The lowest BCUT2D eigenvalue weighted by atomic mass is 10.2. The minimum Gasteiger partial charge on any atom is -0.338 e. The highest BCUT2D eigenvalue weighted by molar-refractivity contribution is 5.30. The van der Waals surface area contributed by atoms with Gasteiger partial charge in [0, 0.05) is 56.7 Å². The fourth-order valence-corrected chi connectivity index (χ4v) is 2.83. The molecule has 21 heavy (non-hydrogen) atoms. The molecule has 1 saturated heterocycles. The number of piperazine rings is 1. The van der Waals surface area contributed by atoms with E-state index in [1.54, 1.807) is 0 Å². The number of rotatable bonds is 6. The first kappa shape index (κ1) is 14.7. The van der Waals surface area contributed by atoms with Gasteiger partial charge < -0.3 is 10.2 Å². The summed E-state index contributed by atoms with van der Waals surface area (Å²) in [5, 5.41) is 3.43. The number of hydrogen-bond acceptors (Lipinski definition) is 5. The van der Waals surface area contributed by atoms with E-state index in [-0.39, 0.29) is 0 Å². The molecule has 1 saturated carbocycles. The second-order valence-corrected chi connectivity index (χ2v) is 6.67. The Morgan fingerprint density at radius 2 is 1.81 bits per heavy atom. The van der Waals surface area contributed by atoms with Gasteiger partial charge in [-0.15, -0.1) is 0 Å². The van der Waals surface area contributed by atoms with Gasteiger partial charge in [-0.3, -0.25) is 4.90 Å². The van der Waals surface area contributed by atoms with Crippen LogP contribution < -0.4 is 10.2 Å². The Kier molecular flexibility index (Phi) is 4.70. The van der Waals surface area contributed by atoms with Gasteiger partial charge in [0.1, 0.15) is 0 Å². The number of anilines is 1. The molecule has 2 aliphatic rings. The summed E-state index contributed by atoms with van der Waals surface area (Å²) in [6.45, 7) is 10.8. The minimum atomic E-state index is 0.674. The number of aromatic nitrogens is 2. The minimum absolute atomic E-state index is 0.674. The molecule has 5 heteroatoms. The van der Waals surface area contributed by atoms with Crippen molar-refractivity contribution in [2.75, 3.05) is 37.6 Å². The van der Waals surface area contributed by atoms with Gasteiger partial charge in [0.05, 0.1) is 0 Å². The first-order valence-corrected chi connectivity index (χ1v) is 8.23. The fraction of sp³-hybridized carbons (Fsp3) is 0.750. The van der Waals surface area contributed by atoms with Crippen LogP contribution in [-0.4, -0.2) is 53.6 Å². The number of hydrogen-bond donors (Lipinski definition) is 1. The molecule has 0 unspecified atom stereocenters. The molecular formula is C16H27N5. The maximum absolute atomic E-state index is 4.54. The van der Waals surface area contributed by atoms with Crippen molar-refractivity contribution in [3.05, 3.63) is 18.0 Å². The lowest BCUT2D eigenvalue weighted by Gasteiger charge is -2.34. The van der Waals surface area contributed by atoms with Crippen LogP contribution in [-0.2, 0) is 6.54 Å². The van der Waals surface area contributed by atoms with E-state index in [4.69, 9.17) is 0 Å². The van der Waals surface area contributed by atoms with Crippen molar-refractivity contribution in [1.82, 2.24) is 20.2 Å². The molecule has 116 valence electrons. The van der Waals surface area contributed by atoms with Crippen molar-refractivity contribution in [2.24, 2.45) is 5.92 Å². The summed E-state index contributed by atoms with van der Waals surface area (Å²) in [5.41, 5.74) is 1.16. The van der Waals surface area contributed by atoms with E-state index in [9.17, 15) is 0 Å². The predicted molar refractivity (Wildman–Crippen MR) is 85.4 cm³/mol. The molecule has 1 aliphatic heterocycles. The smallest absolute Gasteiger partial charge is 0.225 e. The monoisotopic (exact) mass is 289 g/mol. The van der Waals surface area contributed by atoms with Gasteiger partial charge in [-0.1, -0.05) is 13.8 Å². The SMILES string of the molecule is CC(C)CNCc1cnc(N2CCN(C3CC3)CC2)nc1. The van der Waals surface area contributed by atoms with Crippen molar-refractivity contribution >= 4 is 5.95 Å². The van der Waals surface area contributed by atoms with Gasteiger partial charge in [0.15, 0.2) is 0 Å². The van der Waals surface area contributed by atoms with E-state index in [0.717, 1.165) is 56.8 Å². The highest BCUT2D eigenvalue weighted by atomic mass is 15.3. The van der Waals surface area contributed by atoms with Crippen molar-refractivity contribution in [3.63, 3.8) is 0 Å². The molecule has 0 amide bonds. The lowest BCUT2D eigenvalue weighted by Crippen LogP contribution is -2.47. The summed E-state index contributed by atoms with van der Waals surface area (Å²) in [7, 11) is 0. The fourth-order valence-electron chi connectivity index (χ4n) is 2.83. The number of nitrogens with one attached hydrogen (secondary N) is 1. The van der Waals surface area contributed by atoms with E-state index in [1.807, 2.05) is 12.4 Å². The summed E-state index contributed by atoms with van der Waals surface area (Å²) in [4.78, 5) is 14.0. The highest BCUT2D eigenvalue weighted by Crippen LogP contribution is 2.27. The summed E-state index contributed by atoms with van der Waals surface area (Å²) < 4.78 is 0. The van der Waals surface area contributed by atoms with Crippen LogP contribution >= 0.6 is 0 Å². The molecule has 0 aromatic carbocycles. The predicted octanol–water partition coefficient (Wildman–Crippen LogP) is 1.51. The van der Waals surface area contributed by atoms with Crippen LogP contribution in [0.5, 0.6) is 0 Å². The molecule has 3 rings (SSSR count). The maximum atomic E-state index is 4.54. The average Bonchev–Trinajstić information content (AvgIpc) is 3.33. The Balaban J connectivity index is 1.47. The first-order chi connectivity index (χ1) is 10.2. The first-order valence-electron chi connectivity index (χ1n) is 8.23. The zero-order valence-corrected chi connectivity index (χ0v) is 13.3. The van der Waals surface area contributed by atoms with Crippen LogP contribution in [0.25, 0.3) is 0 Å². The normalized spacial score (nSPS) is 20.2. The Morgan fingerprint density at radius 3 is 2.38 bits per heavy atom. The van der Waals surface area contributed by atoms with E-state index in [0.29, 0.717) is 5.92 Å². The van der Waals surface area contributed by atoms with Gasteiger partial charge >= 0.3 is 0 Å². The van der Waals surface area contributed by atoms with Crippen molar-refractivity contribution in [3.8, 4) is 0 Å². The molecule has 1 aromatic heterocycles. The van der Waals surface area contributed by atoms with Crippen LogP contribution in [0.15, 0.2) is 12.4 Å². The standard InChI is InChI=1S/C16H27N5/c1-13(2)9-17-10-14-11-18-16(19-12-14)21-7-5-20(6-8-21)15-3-4-15/h11-13,15,17H,3-10H2,1-2H3. The van der Waals surface area contributed by atoms with E-state index >= 15 is 0 Å². The molecule has 2 heterocycles. The van der Waals surface area contributed by atoms with E-state index in [1.165, 1.54) is 12.8 Å². The molecule has 5 nitrogen and oxygen atoms in total. The highest BCUT2D eigenvalue weighted by Gasteiger charge is 2.31. The van der Waals surface area contributed by atoms with Gasteiger partial charge in [-0.2, -0.15) is 0 Å². The average molecular weight is 289 g/mol. The second kappa shape index (κ2) is 6.71. The maximum Gasteiger partial charge on any atom is 0.225 e. The van der Waals surface area contributed by atoms with Crippen molar-refractivity contribution in [1.29, 1.82) is 0 Å². The largest absolute Gasteiger partial charge is 0.338 e. The lowest BCUT2D eigenvalue weighted by molar-refractivity contribution is 0.247. The van der Waals surface area contributed by atoms with Gasteiger partial charge in [-0.05, 0) is 25.3 Å². The van der Waals surface area contributed by atoms with Crippen LogP contribution in [0.2, 0.25) is 0 Å². The molecule has 1 N–H and O–H groups in total. The second-order valence-electron chi connectivity index (χ2n) is 6.67. The van der Waals surface area contributed by atoms with Crippen molar-refractivity contribution < 1.29 is 0 Å². The van der Waals surface area contributed by atoms with Crippen LogP contribution in [0, 0.1) is 5.92 Å². The molecule has 0 atom stereocenters. The Hall–Kier alpha value is -1.20. The Morgan fingerprint density at radius 1 is 1.14 bits per heavy atom. The topological polar surface area (TPSA) is 44.3 Å². The van der Waals surface area contributed by atoms with Gasteiger partial charge in [0.25, 0.3) is 0 Å². The molecule has 2 fully saturated rings. The molecule has 1 aromatic rings. The summed E-state index contributed by atoms with van der Waals surface area (Å²) in [6.07, 6.45) is 6.72. The molecular weight excluding hydrogens is 262 g/mol. The number of nitrogens with zero attached hydrogens (tertiary/aromatic N) is 4. The van der Waals surface area contributed by atoms with E-state index in [2.05, 4.69) is 38.9 Å². The van der Waals surface area contributed by atoms with Crippen LogP contribution in [0.1, 0.15) is 32.3 Å². The molecule has 0 spiro atoms. The summed E-state index contributed by atoms with van der Waals surface area (Å²) >= 11 is 0. The van der Waals surface area contributed by atoms with Crippen LogP contribution in [0.3, 0.4) is 0 Å². The molecule has 1 aliphatic carbocycles. The van der Waals surface area contributed by atoms with Gasteiger partial charge in [-0.25, -0.2) is 9.97 Å². The third kappa shape index (κ3) is 4.14. The quantitative estimate of drug-likeness (QED) is 0.860. The Bertz CT molecular complexity index is 432. The Labute approximate surface area is 127 Å². The summed E-state index contributed by atoms with van der Waals surface area (Å²) in [6, 6.07) is 0.877. The van der Waals surface area contributed by atoms with Gasteiger partial charge in [0.2, 0.25) is 5.95 Å². The molecule has 0 bridgehead atoms.